The molecule has 6 heteroatoms. The fraction of sp³-hybridized carbons (Fsp3) is 0.533. The summed E-state index contributed by atoms with van der Waals surface area (Å²) in [6, 6.07) is 4.63. The lowest BCUT2D eigenvalue weighted by Crippen LogP contribution is -2.32. The van der Waals surface area contributed by atoms with Gasteiger partial charge < -0.3 is 5.32 Å². The van der Waals surface area contributed by atoms with Gasteiger partial charge in [0.15, 0.2) is 0 Å². The van der Waals surface area contributed by atoms with Crippen LogP contribution in [0.15, 0.2) is 18.2 Å². The predicted octanol–water partition coefficient (Wildman–Crippen LogP) is 3.83. The van der Waals surface area contributed by atoms with Crippen molar-refractivity contribution in [2.45, 2.75) is 38.9 Å². The van der Waals surface area contributed by atoms with Gasteiger partial charge in [-0.05, 0) is 24.3 Å². The number of nitro benzene ring substituents is 1. The molecule has 1 N–H and O–H groups in total. The lowest BCUT2D eigenvalue weighted by atomic mass is 9.90. The number of nitro groups is 1. The minimum Gasteiger partial charge on any atom is -0.351 e. The first-order chi connectivity index (χ1) is 9.61. The van der Waals surface area contributed by atoms with Gasteiger partial charge in [0.25, 0.3) is 11.6 Å². The lowest BCUT2D eigenvalue weighted by molar-refractivity contribution is -0.385. The van der Waals surface area contributed by atoms with Gasteiger partial charge in [0.05, 0.1) is 4.92 Å². The highest BCUT2D eigenvalue weighted by molar-refractivity contribution is 9.09. The molecular formula is C15H21BrN2O3. The summed E-state index contributed by atoms with van der Waals surface area (Å²) in [6.07, 6.45) is 0.892. The van der Waals surface area contributed by atoms with E-state index in [-0.39, 0.29) is 21.5 Å². The second kappa shape index (κ2) is 7.02. The number of nitrogens with zero attached hydrogens (tertiary/aromatic N) is 1. The molecule has 5 nitrogen and oxygen atoms in total. The lowest BCUT2D eigenvalue weighted by Gasteiger charge is -2.22. The molecule has 1 amide bonds. The van der Waals surface area contributed by atoms with Crippen LogP contribution < -0.4 is 5.32 Å². The highest BCUT2D eigenvalue weighted by Gasteiger charge is 2.23. The Bertz CT molecular complexity index is 538. The SMILES string of the molecule is Cc1cccc([N+](=O)[O-])c1C(=O)NCC(Br)CC(C)(C)C. The van der Waals surface area contributed by atoms with Gasteiger partial charge in [-0.25, -0.2) is 0 Å². The van der Waals surface area contributed by atoms with Crippen molar-refractivity contribution < 1.29 is 9.72 Å². The number of halogens is 1. The zero-order valence-corrected chi connectivity index (χ0v) is 14.4. The number of hydrogen-bond donors (Lipinski definition) is 1. The summed E-state index contributed by atoms with van der Waals surface area (Å²) in [4.78, 5) is 22.8. The van der Waals surface area contributed by atoms with Crippen LogP contribution in [-0.4, -0.2) is 22.2 Å². The standard InChI is InChI=1S/C15H21BrN2O3/c1-10-6-5-7-12(18(20)21)13(10)14(19)17-9-11(16)8-15(2,3)4/h5-7,11H,8-9H2,1-4H3,(H,17,19). The molecule has 1 aromatic carbocycles. The molecule has 0 aliphatic carbocycles. The number of hydrogen-bond acceptors (Lipinski definition) is 3. The zero-order chi connectivity index (χ0) is 16.2. The molecule has 1 unspecified atom stereocenters. The number of alkyl halides is 1. The summed E-state index contributed by atoms with van der Waals surface area (Å²) in [5.41, 5.74) is 0.726. The maximum Gasteiger partial charge on any atom is 0.282 e. The molecule has 1 atom stereocenters. The van der Waals surface area contributed by atoms with Crippen molar-refractivity contribution in [3.8, 4) is 0 Å². The maximum atomic E-state index is 12.2. The van der Waals surface area contributed by atoms with E-state index in [1.165, 1.54) is 6.07 Å². The van der Waals surface area contributed by atoms with Crippen molar-refractivity contribution >= 4 is 27.5 Å². The summed E-state index contributed by atoms with van der Waals surface area (Å²) in [5.74, 6) is -0.404. The smallest absolute Gasteiger partial charge is 0.282 e. The Morgan fingerprint density at radius 2 is 2.05 bits per heavy atom. The Balaban J connectivity index is 2.79. The molecule has 0 bridgehead atoms. The highest BCUT2D eigenvalue weighted by atomic mass is 79.9. The molecule has 0 saturated carbocycles. The van der Waals surface area contributed by atoms with Gasteiger partial charge in [-0.2, -0.15) is 0 Å². The van der Waals surface area contributed by atoms with E-state index < -0.39 is 10.8 Å². The predicted molar refractivity (Wildman–Crippen MR) is 87.0 cm³/mol. The van der Waals surface area contributed by atoms with E-state index in [0.29, 0.717) is 12.1 Å². The topological polar surface area (TPSA) is 72.2 Å². The van der Waals surface area contributed by atoms with Gasteiger partial charge in [-0.15, -0.1) is 0 Å². The Hall–Kier alpha value is -1.43. The highest BCUT2D eigenvalue weighted by Crippen LogP contribution is 2.25. The first-order valence-corrected chi connectivity index (χ1v) is 7.69. The number of nitrogens with one attached hydrogen (secondary N) is 1. The molecule has 0 heterocycles. The fourth-order valence-electron chi connectivity index (χ4n) is 2.13. The van der Waals surface area contributed by atoms with E-state index >= 15 is 0 Å². The average Bonchev–Trinajstić information content (AvgIpc) is 2.33. The summed E-state index contributed by atoms with van der Waals surface area (Å²) >= 11 is 3.53. The third kappa shape index (κ3) is 5.46. The number of benzene rings is 1. The first kappa shape index (κ1) is 17.6. The summed E-state index contributed by atoms with van der Waals surface area (Å²) in [6.45, 7) is 8.49. The molecule has 116 valence electrons. The van der Waals surface area contributed by atoms with Crippen LogP contribution in [0.4, 0.5) is 5.69 Å². The van der Waals surface area contributed by atoms with E-state index in [4.69, 9.17) is 0 Å². The van der Waals surface area contributed by atoms with Crippen molar-refractivity contribution in [2.75, 3.05) is 6.54 Å². The van der Waals surface area contributed by atoms with Gasteiger partial charge in [0.1, 0.15) is 5.56 Å². The molecule has 0 radical (unpaired) electrons. The fourth-order valence-corrected chi connectivity index (χ4v) is 3.26. The molecule has 0 aliphatic heterocycles. The minimum atomic E-state index is -0.525. The number of aryl methyl sites for hydroxylation is 1. The molecular weight excluding hydrogens is 336 g/mol. The summed E-state index contributed by atoms with van der Waals surface area (Å²) in [7, 11) is 0. The second-order valence-corrected chi connectivity index (χ2v) is 7.59. The van der Waals surface area contributed by atoms with Crippen LogP contribution in [0.1, 0.15) is 43.1 Å². The molecule has 0 aromatic heterocycles. The molecule has 0 saturated heterocycles. The number of carbonyl (C=O) groups excluding carboxylic acids is 1. The van der Waals surface area contributed by atoms with Crippen molar-refractivity contribution in [2.24, 2.45) is 5.41 Å². The van der Waals surface area contributed by atoms with E-state index in [9.17, 15) is 14.9 Å². The second-order valence-electron chi connectivity index (χ2n) is 6.30. The van der Waals surface area contributed by atoms with Crippen molar-refractivity contribution in [1.29, 1.82) is 0 Å². The van der Waals surface area contributed by atoms with Gasteiger partial charge in [0.2, 0.25) is 0 Å². The van der Waals surface area contributed by atoms with Gasteiger partial charge in [0, 0.05) is 17.4 Å². The quantitative estimate of drug-likeness (QED) is 0.494. The van der Waals surface area contributed by atoms with Crippen molar-refractivity contribution in [1.82, 2.24) is 5.32 Å². The molecule has 1 rings (SSSR count). The van der Waals surface area contributed by atoms with Crippen molar-refractivity contribution in [3.63, 3.8) is 0 Å². The van der Waals surface area contributed by atoms with Gasteiger partial charge in [-0.1, -0.05) is 48.8 Å². The van der Waals surface area contributed by atoms with Crippen LogP contribution in [0.3, 0.4) is 0 Å². The number of amides is 1. The molecule has 0 aliphatic rings. The molecule has 0 spiro atoms. The third-order valence-electron chi connectivity index (χ3n) is 2.99. The van der Waals surface area contributed by atoms with Crippen molar-refractivity contribution in [3.05, 3.63) is 39.4 Å². The minimum absolute atomic E-state index is 0.129. The van der Waals surface area contributed by atoms with E-state index in [2.05, 4.69) is 42.0 Å². The normalized spacial score (nSPS) is 12.8. The summed E-state index contributed by atoms with van der Waals surface area (Å²) in [5, 5.41) is 13.8. The van der Waals surface area contributed by atoms with Crippen LogP contribution in [-0.2, 0) is 0 Å². The third-order valence-corrected chi connectivity index (χ3v) is 3.64. The van der Waals surface area contributed by atoms with E-state index in [1.54, 1.807) is 19.1 Å². The summed E-state index contributed by atoms with van der Waals surface area (Å²) < 4.78 is 0. The monoisotopic (exact) mass is 356 g/mol. The number of rotatable bonds is 5. The number of carbonyl (C=O) groups is 1. The van der Waals surface area contributed by atoms with Crippen LogP contribution in [0, 0.1) is 22.5 Å². The first-order valence-electron chi connectivity index (χ1n) is 6.78. The largest absolute Gasteiger partial charge is 0.351 e. The van der Waals surface area contributed by atoms with E-state index in [1.807, 2.05) is 0 Å². The van der Waals surface area contributed by atoms with E-state index in [0.717, 1.165) is 6.42 Å². The Morgan fingerprint density at radius 1 is 1.43 bits per heavy atom. The zero-order valence-electron chi connectivity index (χ0n) is 12.8. The van der Waals surface area contributed by atoms with Gasteiger partial charge >= 0.3 is 0 Å². The van der Waals surface area contributed by atoms with Gasteiger partial charge in [-0.3, -0.25) is 14.9 Å². The van der Waals surface area contributed by atoms with Crippen LogP contribution in [0.5, 0.6) is 0 Å². The molecule has 21 heavy (non-hydrogen) atoms. The average molecular weight is 357 g/mol. The Kier molecular flexibility index (Phi) is 5.89. The van der Waals surface area contributed by atoms with Crippen LogP contribution >= 0.6 is 15.9 Å². The van der Waals surface area contributed by atoms with Crippen LogP contribution in [0.2, 0.25) is 0 Å². The van der Waals surface area contributed by atoms with Crippen LogP contribution in [0.25, 0.3) is 0 Å². The Labute approximate surface area is 133 Å². The maximum absolute atomic E-state index is 12.2. The molecule has 0 fully saturated rings. The molecule has 1 aromatic rings. The Morgan fingerprint density at radius 3 is 2.57 bits per heavy atom.